The van der Waals surface area contributed by atoms with Crippen molar-refractivity contribution in [3.63, 3.8) is 0 Å². The summed E-state index contributed by atoms with van der Waals surface area (Å²) in [4.78, 5) is 0. The Morgan fingerprint density at radius 1 is 1.47 bits per heavy atom. The van der Waals surface area contributed by atoms with Crippen LogP contribution in [0.3, 0.4) is 0 Å². The fourth-order valence-electron chi connectivity index (χ4n) is 2.58. The Morgan fingerprint density at radius 3 is 2.60 bits per heavy atom. The molecule has 2 N–H and O–H groups in total. The Labute approximate surface area is 91.7 Å². The highest BCUT2D eigenvalue weighted by atomic mass is 14.7. The van der Waals surface area contributed by atoms with Crippen molar-refractivity contribution in [2.24, 2.45) is 11.1 Å². The number of nitrogens with two attached hydrogens (primary N) is 1. The third-order valence-electron chi connectivity index (χ3n) is 3.84. The average Bonchev–Trinajstić information content (AvgIpc) is 2.82. The molecule has 1 fully saturated rings. The van der Waals surface area contributed by atoms with Crippen molar-refractivity contribution in [2.75, 3.05) is 6.54 Å². The number of rotatable bonds is 2. The minimum Gasteiger partial charge on any atom is -0.330 e. The van der Waals surface area contributed by atoms with Crippen LogP contribution >= 0.6 is 0 Å². The summed E-state index contributed by atoms with van der Waals surface area (Å²) in [6, 6.07) is 8.23. The third kappa shape index (κ3) is 1.37. The lowest BCUT2D eigenvalue weighted by Crippen LogP contribution is -2.25. The molecule has 0 spiro atoms. The predicted octanol–water partition coefficient (Wildman–Crippen LogP) is 2.29. The quantitative estimate of drug-likeness (QED) is 0.727. The second kappa shape index (κ2) is 3.12. The third-order valence-corrected chi connectivity index (χ3v) is 3.84. The SMILES string of the molecule is C#Cc1cccc(C2(CN)CC2(C)C)c1. The summed E-state index contributed by atoms with van der Waals surface area (Å²) in [5, 5.41) is 0. The van der Waals surface area contributed by atoms with Gasteiger partial charge in [-0.2, -0.15) is 0 Å². The van der Waals surface area contributed by atoms with E-state index in [1.165, 1.54) is 5.56 Å². The van der Waals surface area contributed by atoms with Crippen LogP contribution in [0.4, 0.5) is 0 Å². The molecule has 1 nitrogen and oxygen atoms in total. The molecule has 78 valence electrons. The first-order valence-electron chi connectivity index (χ1n) is 5.33. The van der Waals surface area contributed by atoms with Crippen LogP contribution < -0.4 is 5.73 Å². The van der Waals surface area contributed by atoms with Crippen molar-refractivity contribution in [2.45, 2.75) is 25.7 Å². The minimum atomic E-state index is 0.153. The summed E-state index contributed by atoms with van der Waals surface area (Å²) in [7, 11) is 0. The molecule has 0 radical (unpaired) electrons. The lowest BCUT2D eigenvalue weighted by atomic mass is 9.87. The van der Waals surface area contributed by atoms with E-state index >= 15 is 0 Å². The minimum absolute atomic E-state index is 0.153. The maximum absolute atomic E-state index is 5.92. The Balaban J connectivity index is 2.43. The van der Waals surface area contributed by atoms with Crippen LogP contribution in [0.5, 0.6) is 0 Å². The van der Waals surface area contributed by atoms with Gasteiger partial charge in [-0.1, -0.05) is 31.9 Å². The second-order valence-corrected chi connectivity index (χ2v) is 5.07. The lowest BCUT2D eigenvalue weighted by molar-refractivity contribution is 0.503. The summed E-state index contributed by atoms with van der Waals surface area (Å²) < 4.78 is 0. The van der Waals surface area contributed by atoms with Gasteiger partial charge in [0.25, 0.3) is 0 Å². The van der Waals surface area contributed by atoms with E-state index in [0.29, 0.717) is 12.0 Å². The van der Waals surface area contributed by atoms with Crippen molar-refractivity contribution in [1.29, 1.82) is 0 Å². The Kier molecular flexibility index (Phi) is 2.13. The molecule has 15 heavy (non-hydrogen) atoms. The molecule has 0 aromatic heterocycles. The van der Waals surface area contributed by atoms with Crippen LogP contribution in [0.2, 0.25) is 0 Å². The maximum Gasteiger partial charge on any atom is 0.0245 e. The van der Waals surface area contributed by atoms with Gasteiger partial charge in [0, 0.05) is 17.5 Å². The van der Waals surface area contributed by atoms with E-state index in [0.717, 1.165) is 12.0 Å². The number of hydrogen-bond acceptors (Lipinski definition) is 1. The van der Waals surface area contributed by atoms with Crippen LogP contribution in [0, 0.1) is 17.8 Å². The van der Waals surface area contributed by atoms with Gasteiger partial charge >= 0.3 is 0 Å². The molecular formula is C14H17N. The molecule has 1 aliphatic carbocycles. The topological polar surface area (TPSA) is 26.0 Å². The summed E-state index contributed by atoms with van der Waals surface area (Å²) in [5.74, 6) is 2.68. The van der Waals surface area contributed by atoms with Gasteiger partial charge < -0.3 is 5.73 Å². The fourth-order valence-corrected chi connectivity index (χ4v) is 2.58. The number of hydrogen-bond donors (Lipinski definition) is 1. The normalized spacial score (nSPS) is 27.1. The van der Waals surface area contributed by atoms with E-state index in [1.807, 2.05) is 12.1 Å². The Morgan fingerprint density at radius 2 is 2.13 bits per heavy atom. The highest BCUT2D eigenvalue weighted by molar-refractivity contribution is 5.43. The van der Waals surface area contributed by atoms with E-state index in [4.69, 9.17) is 12.2 Å². The van der Waals surface area contributed by atoms with E-state index in [1.54, 1.807) is 0 Å². The van der Waals surface area contributed by atoms with E-state index < -0.39 is 0 Å². The zero-order chi connectivity index (χ0) is 11.1. The van der Waals surface area contributed by atoms with Gasteiger partial charge in [-0.05, 0) is 29.5 Å². The summed E-state index contributed by atoms with van der Waals surface area (Å²) in [6.07, 6.45) is 6.57. The van der Waals surface area contributed by atoms with Crippen molar-refractivity contribution in [1.82, 2.24) is 0 Å². The average molecular weight is 199 g/mol. The molecule has 0 heterocycles. The number of terminal acetylenes is 1. The summed E-state index contributed by atoms with van der Waals surface area (Å²) in [6.45, 7) is 5.23. The van der Waals surface area contributed by atoms with Crippen LogP contribution in [0.1, 0.15) is 31.4 Å². The molecule has 1 saturated carbocycles. The molecule has 0 saturated heterocycles. The highest BCUT2D eigenvalue weighted by Crippen LogP contribution is 2.63. The standard InChI is InChI=1S/C14H17N/c1-4-11-6-5-7-12(8-11)14(10-15)9-13(14,2)3/h1,5-8H,9-10,15H2,2-3H3. The molecule has 1 aromatic carbocycles. The van der Waals surface area contributed by atoms with Gasteiger partial charge in [-0.15, -0.1) is 6.42 Å². The molecule has 0 bridgehead atoms. The van der Waals surface area contributed by atoms with Crippen molar-refractivity contribution in [3.8, 4) is 12.3 Å². The fraction of sp³-hybridized carbons (Fsp3) is 0.429. The molecule has 1 heteroatoms. The van der Waals surface area contributed by atoms with Crippen LogP contribution in [0.25, 0.3) is 0 Å². The smallest absolute Gasteiger partial charge is 0.0245 e. The molecular weight excluding hydrogens is 182 g/mol. The van der Waals surface area contributed by atoms with Crippen LogP contribution in [-0.4, -0.2) is 6.54 Å². The van der Waals surface area contributed by atoms with Gasteiger partial charge in [-0.3, -0.25) is 0 Å². The monoisotopic (exact) mass is 199 g/mol. The maximum atomic E-state index is 5.92. The van der Waals surface area contributed by atoms with Crippen molar-refractivity contribution < 1.29 is 0 Å². The molecule has 2 rings (SSSR count). The van der Waals surface area contributed by atoms with Gasteiger partial charge in [-0.25, -0.2) is 0 Å². The van der Waals surface area contributed by atoms with E-state index in [9.17, 15) is 0 Å². The summed E-state index contributed by atoms with van der Waals surface area (Å²) in [5.41, 5.74) is 8.63. The predicted molar refractivity (Wildman–Crippen MR) is 63.5 cm³/mol. The van der Waals surface area contributed by atoms with Gasteiger partial charge in [0.1, 0.15) is 0 Å². The van der Waals surface area contributed by atoms with Crippen molar-refractivity contribution in [3.05, 3.63) is 35.4 Å². The Hall–Kier alpha value is -1.26. The molecule has 1 aromatic rings. The van der Waals surface area contributed by atoms with Gasteiger partial charge in [0.15, 0.2) is 0 Å². The molecule has 1 unspecified atom stereocenters. The van der Waals surface area contributed by atoms with Crippen LogP contribution in [-0.2, 0) is 5.41 Å². The highest BCUT2D eigenvalue weighted by Gasteiger charge is 2.60. The van der Waals surface area contributed by atoms with E-state index in [2.05, 4.69) is 31.9 Å². The molecule has 0 amide bonds. The van der Waals surface area contributed by atoms with Gasteiger partial charge in [0.2, 0.25) is 0 Å². The zero-order valence-corrected chi connectivity index (χ0v) is 9.38. The first-order valence-corrected chi connectivity index (χ1v) is 5.33. The second-order valence-electron chi connectivity index (χ2n) is 5.07. The molecule has 1 atom stereocenters. The van der Waals surface area contributed by atoms with Crippen molar-refractivity contribution >= 4 is 0 Å². The zero-order valence-electron chi connectivity index (χ0n) is 9.38. The van der Waals surface area contributed by atoms with E-state index in [-0.39, 0.29) is 5.41 Å². The first kappa shape index (κ1) is 10.3. The number of benzene rings is 1. The lowest BCUT2D eigenvalue weighted by Gasteiger charge is -2.19. The largest absolute Gasteiger partial charge is 0.330 e. The Bertz CT molecular complexity index is 425. The molecule has 1 aliphatic rings. The van der Waals surface area contributed by atoms with Crippen LogP contribution in [0.15, 0.2) is 24.3 Å². The first-order chi connectivity index (χ1) is 7.05. The summed E-state index contributed by atoms with van der Waals surface area (Å²) >= 11 is 0. The molecule has 0 aliphatic heterocycles. The van der Waals surface area contributed by atoms with Gasteiger partial charge in [0.05, 0.1) is 0 Å².